The molecule has 0 aliphatic carbocycles. The zero-order valence-electron chi connectivity index (χ0n) is 16.8. The summed E-state index contributed by atoms with van der Waals surface area (Å²) in [4.78, 5) is 12.5. The Morgan fingerprint density at radius 2 is 1.62 bits per heavy atom. The molecule has 32 heavy (non-hydrogen) atoms. The van der Waals surface area contributed by atoms with Crippen molar-refractivity contribution in [2.75, 3.05) is 10.0 Å². The van der Waals surface area contributed by atoms with Crippen molar-refractivity contribution >= 4 is 50.5 Å². The Balaban J connectivity index is 1.69. The molecule has 0 spiro atoms. The Bertz CT molecular complexity index is 1200. The molecular weight excluding hydrogens is 478 g/mol. The van der Waals surface area contributed by atoms with Crippen LogP contribution in [0.15, 0.2) is 71.6 Å². The van der Waals surface area contributed by atoms with Crippen molar-refractivity contribution in [2.24, 2.45) is 0 Å². The molecule has 0 fully saturated rings. The molecule has 0 bridgehead atoms. The lowest BCUT2D eigenvalue weighted by atomic mass is 10.2. The number of nitrogens with one attached hydrogen (secondary N) is 2. The highest BCUT2D eigenvalue weighted by atomic mass is 35.5. The van der Waals surface area contributed by atoms with Crippen LogP contribution in [0, 0.1) is 5.82 Å². The quantitative estimate of drug-likeness (QED) is 0.417. The molecule has 0 saturated carbocycles. The van der Waals surface area contributed by atoms with Gasteiger partial charge in [0.25, 0.3) is 15.9 Å². The predicted octanol–water partition coefficient (Wildman–Crippen LogP) is 5.73. The van der Waals surface area contributed by atoms with Crippen LogP contribution < -0.4 is 14.8 Å². The van der Waals surface area contributed by atoms with E-state index in [1.165, 1.54) is 60.7 Å². The summed E-state index contributed by atoms with van der Waals surface area (Å²) in [5.41, 5.74) is 0.575. The SMILES string of the molecule is CC[C@@H](Oc1ccccc1F)C(=O)Nc1ccc(S(=O)(=O)Nc2cc(Cl)cc(Cl)c2)cc1. The second-order valence-corrected chi connectivity index (χ2v) is 9.28. The Kier molecular flexibility index (Phi) is 7.60. The fourth-order valence-corrected chi connectivity index (χ4v) is 4.35. The number of carbonyl (C=O) groups excluding carboxylic acids is 1. The van der Waals surface area contributed by atoms with E-state index in [1.54, 1.807) is 13.0 Å². The molecule has 6 nitrogen and oxygen atoms in total. The Morgan fingerprint density at radius 1 is 1.00 bits per heavy atom. The van der Waals surface area contributed by atoms with E-state index in [0.29, 0.717) is 12.1 Å². The van der Waals surface area contributed by atoms with Crippen LogP contribution in [-0.2, 0) is 14.8 Å². The van der Waals surface area contributed by atoms with Gasteiger partial charge in [0, 0.05) is 15.7 Å². The average Bonchev–Trinajstić information content (AvgIpc) is 2.72. The largest absolute Gasteiger partial charge is 0.478 e. The van der Waals surface area contributed by atoms with Gasteiger partial charge in [0.05, 0.1) is 10.6 Å². The molecule has 0 saturated heterocycles. The van der Waals surface area contributed by atoms with Gasteiger partial charge in [0.2, 0.25) is 0 Å². The van der Waals surface area contributed by atoms with Crippen LogP contribution in [-0.4, -0.2) is 20.4 Å². The number of benzene rings is 3. The molecule has 0 aliphatic rings. The van der Waals surface area contributed by atoms with Gasteiger partial charge in [-0.1, -0.05) is 42.3 Å². The molecule has 0 aliphatic heterocycles. The molecule has 168 valence electrons. The zero-order valence-corrected chi connectivity index (χ0v) is 19.1. The van der Waals surface area contributed by atoms with E-state index in [2.05, 4.69) is 10.0 Å². The molecule has 3 rings (SSSR count). The lowest BCUT2D eigenvalue weighted by Gasteiger charge is -2.17. The van der Waals surface area contributed by atoms with Crippen molar-refractivity contribution in [2.45, 2.75) is 24.3 Å². The normalized spacial score (nSPS) is 12.1. The maximum Gasteiger partial charge on any atom is 0.265 e. The van der Waals surface area contributed by atoms with Gasteiger partial charge in [-0.3, -0.25) is 9.52 Å². The van der Waals surface area contributed by atoms with Crippen LogP contribution in [0.4, 0.5) is 15.8 Å². The lowest BCUT2D eigenvalue weighted by Crippen LogP contribution is -2.32. The maximum absolute atomic E-state index is 13.8. The summed E-state index contributed by atoms with van der Waals surface area (Å²) in [5.74, 6) is -1.08. The first kappa shape index (κ1) is 23.8. The number of hydrogen-bond donors (Lipinski definition) is 2. The number of hydrogen-bond acceptors (Lipinski definition) is 4. The summed E-state index contributed by atoms with van der Waals surface area (Å²) in [6, 6.07) is 15.7. The van der Waals surface area contributed by atoms with Gasteiger partial charge in [-0.25, -0.2) is 12.8 Å². The van der Waals surface area contributed by atoms with Gasteiger partial charge in [0.1, 0.15) is 0 Å². The van der Waals surface area contributed by atoms with E-state index < -0.39 is 27.9 Å². The zero-order chi connectivity index (χ0) is 23.3. The summed E-state index contributed by atoms with van der Waals surface area (Å²) in [7, 11) is -3.90. The molecule has 0 radical (unpaired) electrons. The summed E-state index contributed by atoms with van der Waals surface area (Å²) in [6.07, 6.45) is -0.622. The van der Waals surface area contributed by atoms with Gasteiger partial charge in [-0.2, -0.15) is 0 Å². The van der Waals surface area contributed by atoms with E-state index in [-0.39, 0.29) is 26.4 Å². The van der Waals surface area contributed by atoms with E-state index >= 15 is 0 Å². The number of para-hydroxylation sites is 1. The minimum Gasteiger partial charge on any atom is -0.478 e. The number of ether oxygens (including phenoxy) is 1. The number of amides is 1. The number of sulfonamides is 1. The van der Waals surface area contributed by atoms with E-state index in [0.717, 1.165) is 0 Å². The topological polar surface area (TPSA) is 84.5 Å². The molecule has 3 aromatic rings. The number of anilines is 2. The summed E-state index contributed by atoms with van der Waals surface area (Å²) in [5, 5.41) is 3.22. The third-order valence-corrected chi connectivity index (χ3v) is 6.15. The minimum absolute atomic E-state index is 0.0249. The van der Waals surface area contributed by atoms with Gasteiger partial charge < -0.3 is 10.1 Å². The van der Waals surface area contributed by atoms with Crippen LogP contribution in [0.1, 0.15) is 13.3 Å². The highest BCUT2D eigenvalue weighted by Crippen LogP contribution is 2.25. The number of halogens is 3. The Labute approximate surface area is 195 Å². The molecule has 1 atom stereocenters. The fraction of sp³-hybridized carbons (Fsp3) is 0.136. The predicted molar refractivity (Wildman–Crippen MR) is 123 cm³/mol. The highest BCUT2D eigenvalue weighted by Gasteiger charge is 2.21. The second kappa shape index (κ2) is 10.2. The van der Waals surface area contributed by atoms with Crippen molar-refractivity contribution in [1.29, 1.82) is 0 Å². The van der Waals surface area contributed by atoms with Crippen molar-refractivity contribution in [3.8, 4) is 5.75 Å². The molecule has 0 unspecified atom stereocenters. The molecule has 3 aromatic carbocycles. The lowest BCUT2D eigenvalue weighted by molar-refractivity contribution is -0.122. The smallest absolute Gasteiger partial charge is 0.265 e. The van der Waals surface area contributed by atoms with E-state index in [1.807, 2.05) is 0 Å². The van der Waals surface area contributed by atoms with Crippen molar-refractivity contribution < 1.29 is 22.3 Å². The van der Waals surface area contributed by atoms with Crippen molar-refractivity contribution in [1.82, 2.24) is 0 Å². The van der Waals surface area contributed by atoms with Crippen LogP contribution in [0.5, 0.6) is 5.75 Å². The highest BCUT2D eigenvalue weighted by molar-refractivity contribution is 7.92. The summed E-state index contributed by atoms with van der Waals surface area (Å²) >= 11 is 11.8. The molecule has 0 heterocycles. The molecule has 2 N–H and O–H groups in total. The first-order valence-corrected chi connectivity index (χ1v) is 11.7. The average molecular weight is 497 g/mol. The molecule has 0 aromatic heterocycles. The Morgan fingerprint density at radius 3 is 2.22 bits per heavy atom. The third-order valence-electron chi connectivity index (χ3n) is 4.32. The second-order valence-electron chi connectivity index (χ2n) is 6.72. The van der Waals surface area contributed by atoms with Crippen LogP contribution >= 0.6 is 23.2 Å². The monoisotopic (exact) mass is 496 g/mol. The van der Waals surface area contributed by atoms with Crippen LogP contribution in [0.25, 0.3) is 0 Å². The first-order chi connectivity index (χ1) is 15.2. The maximum atomic E-state index is 13.8. The van der Waals surface area contributed by atoms with Crippen LogP contribution in [0.2, 0.25) is 10.0 Å². The fourth-order valence-electron chi connectivity index (χ4n) is 2.78. The third kappa shape index (κ3) is 6.12. The Hall–Kier alpha value is -2.81. The minimum atomic E-state index is -3.90. The van der Waals surface area contributed by atoms with Gasteiger partial charge in [0.15, 0.2) is 17.7 Å². The number of carbonyl (C=O) groups is 1. The van der Waals surface area contributed by atoms with Gasteiger partial charge in [-0.15, -0.1) is 0 Å². The van der Waals surface area contributed by atoms with Gasteiger partial charge >= 0.3 is 0 Å². The van der Waals surface area contributed by atoms with Gasteiger partial charge in [-0.05, 0) is 61.0 Å². The number of rotatable bonds is 8. The van der Waals surface area contributed by atoms with E-state index in [4.69, 9.17) is 27.9 Å². The first-order valence-electron chi connectivity index (χ1n) is 9.49. The summed E-state index contributed by atoms with van der Waals surface area (Å²) in [6.45, 7) is 1.73. The molecule has 1 amide bonds. The van der Waals surface area contributed by atoms with Crippen molar-refractivity contribution in [3.63, 3.8) is 0 Å². The van der Waals surface area contributed by atoms with E-state index in [9.17, 15) is 17.6 Å². The van der Waals surface area contributed by atoms with Crippen molar-refractivity contribution in [3.05, 3.63) is 82.6 Å². The summed E-state index contributed by atoms with van der Waals surface area (Å²) < 4.78 is 46.9. The standard InChI is InChI=1S/C22H19Cl2FN2O4S/c1-2-20(31-21-6-4-3-5-19(21)25)22(28)26-16-7-9-18(10-8-16)32(29,30)27-17-12-14(23)11-15(24)13-17/h3-13,20,27H,2H2,1H3,(H,26,28)/t20-/m1/s1. The molecular formula is C22H19Cl2FN2O4S. The molecule has 10 heteroatoms. The van der Waals surface area contributed by atoms with Crippen LogP contribution in [0.3, 0.4) is 0 Å².